The van der Waals surface area contributed by atoms with Crippen LogP contribution in [0.5, 0.6) is 5.75 Å². The van der Waals surface area contributed by atoms with Gasteiger partial charge in [0.05, 0.1) is 51.7 Å². The molecule has 0 bridgehead atoms. The third kappa shape index (κ3) is 6.60. The molecule has 1 N–H and O–H groups in total. The highest BCUT2D eigenvalue weighted by atomic mass is 127. The van der Waals surface area contributed by atoms with Gasteiger partial charge in [-0.3, -0.25) is 9.48 Å². The Hall–Kier alpha value is -3.36. The molecule has 1 aromatic heterocycles. The molecule has 7 rings (SSSR count). The lowest BCUT2D eigenvalue weighted by Crippen LogP contribution is -2.51. The molecule has 1 amide bonds. The lowest BCUT2D eigenvalue weighted by molar-refractivity contribution is -0.146. The number of aromatic nitrogens is 3. The Morgan fingerprint density at radius 1 is 1.04 bits per heavy atom. The van der Waals surface area contributed by atoms with Crippen molar-refractivity contribution in [3.05, 3.63) is 134 Å². The number of nitrogens with zero attached hydrogens (tertiary/aromatic N) is 4. The number of rotatable bonds is 11. The highest BCUT2D eigenvalue weighted by molar-refractivity contribution is 14.1. The fraction of sp³-hybridized carbons (Fsp3) is 0.325. The second-order valence-corrected chi connectivity index (χ2v) is 21.0. The molecule has 0 radical (unpaired) electrons. The van der Waals surface area contributed by atoms with Gasteiger partial charge in [0.15, 0.2) is 5.60 Å². The minimum Gasteiger partial charge on any atom is -0.497 e. The number of halogens is 2. The van der Waals surface area contributed by atoms with Crippen LogP contribution in [0.4, 0.5) is 5.69 Å². The zero-order valence-electron chi connectivity index (χ0n) is 29.2. The lowest BCUT2D eigenvalue weighted by Gasteiger charge is -2.37. The number of anilines is 1. The summed E-state index contributed by atoms with van der Waals surface area (Å²) >= 11 is 6.05. The van der Waals surface area contributed by atoms with Crippen LogP contribution in [0.2, 0.25) is 18.6 Å². The molecule has 1 saturated heterocycles. The summed E-state index contributed by atoms with van der Waals surface area (Å²) in [5.41, 5.74) is 3.56. The van der Waals surface area contributed by atoms with Crippen molar-refractivity contribution >= 4 is 63.4 Å². The molecule has 1 unspecified atom stereocenters. The smallest absolute Gasteiger partial charge is 0.264 e. The van der Waals surface area contributed by atoms with Crippen molar-refractivity contribution in [1.82, 2.24) is 15.0 Å². The molecule has 0 aliphatic carbocycles. The Balaban J connectivity index is 1.26. The van der Waals surface area contributed by atoms with Crippen LogP contribution in [0.15, 0.2) is 108 Å². The summed E-state index contributed by atoms with van der Waals surface area (Å²) in [5, 5.41) is 20.5. The third-order valence-electron chi connectivity index (χ3n) is 11.0. The second-order valence-electron chi connectivity index (χ2n) is 14.2. The van der Waals surface area contributed by atoms with Gasteiger partial charge in [-0.2, -0.15) is 0 Å². The molecule has 2 aliphatic rings. The average Bonchev–Trinajstić information content (AvgIpc) is 3.78. The van der Waals surface area contributed by atoms with E-state index in [1.165, 1.54) is 5.19 Å². The van der Waals surface area contributed by atoms with Gasteiger partial charge in [0.25, 0.3) is 5.91 Å². The summed E-state index contributed by atoms with van der Waals surface area (Å²) in [4.78, 5) is 17.0. The van der Waals surface area contributed by atoms with Crippen molar-refractivity contribution in [3.8, 4) is 5.75 Å². The number of benzene rings is 4. The van der Waals surface area contributed by atoms with Crippen LogP contribution in [0, 0.1) is 9.49 Å². The van der Waals surface area contributed by atoms with E-state index in [0.29, 0.717) is 19.5 Å². The first-order chi connectivity index (χ1) is 24.6. The molecule has 1 spiro atoms. The summed E-state index contributed by atoms with van der Waals surface area (Å²) in [5.74, 6) is 0.438. The second kappa shape index (κ2) is 14.6. The van der Waals surface area contributed by atoms with Gasteiger partial charge in [0.1, 0.15) is 5.75 Å². The SMILES string of the molecule is COc1ccc([Si](C)(C)[C@@H]2[C@@H](CCn3cc(C(CO)c4ccccc4)nn3)O[C@]3(C(=O)N(Cc4cccc(I)c4)c4ccc(Br)cc43)[C@H]2C)cc1. The number of methoxy groups -OCH3 is 1. The average molecular weight is 878 g/mol. The van der Waals surface area contributed by atoms with Gasteiger partial charge in [0, 0.05) is 32.3 Å². The number of hydrogen-bond donors (Lipinski definition) is 1. The summed E-state index contributed by atoms with van der Waals surface area (Å²) in [6.45, 7) is 7.98. The van der Waals surface area contributed by atoms with E-state index in [0.717, 1.165) is 41.9 Å². The van der Waals surface area contributed by atoms with Crippen LogP contribution in [-0.4, -0.2) is 53.9 Å². The van der Waals surface area contributed by atoms with E-state index in [2.05, 4.69) is 105 Å². The van der Waals surface area contributed by atoms with E-state index in [9.17, 15) is 5.11 Å². The van der Waals surface area contributed by atoms with Crippen LogP contribution < -0.4 is 14.8 Å². The molecule has 1 fully saturated rings. The first-order valence-electron chi connectivity index (χ1n) is 17.3. The van der Waals surface area contributed by atoms with Crippen molar-refractivity contribution in [2.24, 2.45) is 5.92 Å². The number of carbonyl (C=O) groups excluding carboxylic acids is 1. The predicted octanol–water partition coefficient (Wildman–Crippen LogP) is 7.63. The number of hydrogen-bond acceptors (Lipinski definition) is 6. The van der Waals surface area contributed by atoms with E-state index >= 15 is 4.79 Å². The summed E-state index contributed by atoms with van der Waals surface area (Å²) in [6, 6.07) is 32.8. The standard InChI is InChI=1S/C40H42BrIN4O4Si/c1-26-38(51(3,4)32-16-14-31(49-2)15-17-32)37(19-20-45-24-35(43-44-45)33(25-47)28-10-6-5-7-11-28)50-40(26)34-22-29(41)13-18-36(34)46(39(40)48)23-27-9-8-12-30(42)21-27/h5-18,21-22,24,26,33,37-38,47H,19-20,23,25H2,1-4H3/t26-,33?,37+,38-,40+/m0/s1. The minimum atomic E-state index is -2.31. The van der Waals surface area contributed by atoms with Crippen molar-refractivity contribution in [3.63, 3.8) is 0 Å². The van der Waals surface area contributed by atoms with Crippen LogP contribution >= 0.6 is 38.5 Å². The molecule has 5 atom stereocenters. The highest BCUT2D eigenvalue weighted by Crippen LogP contribution is 2.60. The van der Waals surface area contributed by atoms with Crippen molar-refractivity contribution in [1.29, 1.82) is 0 Å². The zero-order chi connectivity index (χ0) is 35.9. The lowest BCUT2D eigenvalue weighted by atomic mass is 9.82. The molecule has 2 aliphatic heterocycles. The fourth-order valence-corrected chi connectivity index (χ4v) is 13.5. The van der Waals surface area contributed by atoms with Crippen LogP contribution in [0.3, 0.4) is 0 Å². The molecule has 11 heteroatoms. The number of aryl methyl sites for hydroxylation is 1. The Morgan fingerprint density at radius 3 is 2.51 bits per heavy atom. The van der Waals surface area contributed by atoms with Gasteiger partial charge in [-0.05, 0) is 88.1 Å². The van der Waals surface area contributed by atoms with Gasteiger partial charge >= 0.3 is 0 Å². The van der Waals surface area contributed by atoms with Gasteiger partial charge in [-0.1, -0.05) is 101 Å². The maximum absolute atomic E-state index is 15.1. The number of aliphatic hydroxyl groups is 1. The maximum Gasteiger partial charge on any atom is 0.264 e. The molecule has 0 saturated carbocycles. The number of aliphatic hydroxyl groups excluding tert-OH is 1. The Labute approximate surface area is 322 Å². The normalized spacial score (nSPS) is 22.1. The topological polar surface area (TPSA) is 89.7 Å². The minimum absolute atomic E-state index is 0.00863. The molecule has 51 heavy (non-hydrogen) atoms. The van der Waals surface area contributed by atoms with E-state index < -0.39 is 13.7 Å². The summed E-state index contributed by atoms with van der Waals surface area (Å²) < 4.78 is 16.7. The molecule has 5 aromatic rings. The van der Waals surface area contributed by atoms with Crippen molar-refractivity contribution in [2.75, 3.05) is 18.6 Å². The van der Waals surface area contributed by atoms with E-state index in [1.807, 2.05) is 76.4 Å². The highest BCUT2D eigenvalue weighted by Gasteiger charge is 2.66. The fourth-order valence-electron chi connectivity index (χ4n) is 8.43. The largest absolute Gasteiger partial charge is 0.497 e. The van der Waals surface area contributed by atoms with Gasteiger partial charge in [0.2, 0.25) is 0 Å². The van der Waals surface area contributed by atoms with Gasteiger partial charge < -0.3 is 19.5 Å². The zero-order valence-corrected chi connectivity index (χ0v) is 33.9. The number of ether oxygens (including phenoxy) is 2. The molecule has 264 valence electrons. The van der Waals surface area contributed by atoms with E-state index in [-0.39, 0.29) is 36.0 Å². The van der Waals surface area contributed by atoms with E-state index in [1.54, 1.807) is 7.11 Å². The third-order valence-corrected chi connectivity index (χ3v) is 16.5. The Morgan fingerprint density at radius 2 is 1.80 bits per heavy atom. The molecular weight excluding hydrogens is 835 g/mol. The first-order valence-corrected chi connectivity index (χ1v) is 22.3. The van der Waals surface area contributed by atoms with Crippen molar-refractivity contribution in [2.45, 2.75) is 62.7 Å². The van der Waals surface area contributed by atoms with Crippen LogP contribution in [0.25, 0.3) is 0 Å². The Kier molecular flexibility index (Phi) is 10.3. The molecular formula is C40H42BrIN4O4Si. The number of amides is 1. The van der Waals surface area contributed by atoms with E-state index in [4.69, 9.17) is 9.47 Å². The van der Waals surface area contributed by atoms with Crippen molar-refractivity contribution < 1.29 is 19.4 Å². The molecule has 3 heterocycles. The quantitative estimate of drug-likeness (QED) is 0.109. The summed E-state index contributed by atoms with van der Waals surface area (Å²) in [6.07, 6.45) is 2.35. The number of fused-ring (bicyclic) bond motifs is 2. The first kappa shape index (κ1) is 36.0. The molecule has 4 aromatic carbocycles. The predicted molar refractivity (Wildman–Crippen MR) is 214 cm³/mol. The molecule has 8 nitrogen and oxygen atoms in total. The summed E-state index contributed by atoms with van der Waals surface area (Å²) in [7, 11) is -0.627. The maximum atomic E-state index is 15.1. The van der Waals surface area contributed by atoms with Gasteiger partial charge in [-0.25, -0.2) is 0 Å². The Bertz CT molecular complexity index is 2030. The van der Waals surface area contributed by atoms with Crippen LogP contribution in [-0.2, 0) is 28.2 Å². The van der Waals surface area contributed by atoms with Gasteiger partial charge in [-0.15, -0.1) is 5.10 Å². The monoisotopic (exact) mass is 876 g/mol. The van der Waals surface area contributed by atoms with Crippen LogP contribution in [0.1, 0.15) is 41.6 Å². The number of carbonyl (C=O) groups is 1.